The normalized spacial score (nSPS) is 10.7. The van der Waals surface area contributed by atoms with Crippen LogP contribution in [0.25, 0.3) is 10.6 Å². The minimum atomic E-state index is -0.256. The van der Waals surface area contributed by atoms with Crippen LogP contribution in [0.1, 0.15) is 23.5 Å². The zero-order chi connectivity index (χ0) is 18.5. The molecule has 0 amide bonds. The number of rotatable bonds is 7. The van der Waals surface area contributed by atoms with Gasteiger partial charge in [-0.25, -0.2) is 4.98 Å². The number of carbonyl (C=O) groups excluding carboxylic acids is 1. The van der Waals surface area contributed by atoms with E-state index in [1.54, 1.807) is 7.11 Å². The van der Waals surface area contributed by atoms with Crippen LogP contribution >= 0.6 is 11.3 Å². The minimum absolute atomic E-state index is 0.177. The van der Waals surface area contributed by atoms with Crippen LogP contribution in [0.15, 0.2) is 35.7 Å². The average molecular weight is 371 g/mol. The molecule has 2 heterocycles. The molecule has 0 radical (unpaired) electrons. The molecule has 0 saturated heterocycles. The topological polar surface area (TPSA) is 66.2 Å². The largest absolute Gasteiger partial charge is 0.497 e. The molecular weight excluding hydrogens is 350 g/mol. The Morgan fingerprint density at radius 3 is 2.85 bits per heavy atom. The summed E-state index contributed by atoms with van der Waals surface area (Å²) in [5.41, 5.74) is 3.71. The van der Waals surface area contributed by atoms with Gasteiger partial charge in [-0.1, -0.05) is 12.1 Å². The summed E-state index contributed by atoms with van der Waals surface area (Å²) in [6, 6.07) is 9.71. The predicted molar refractivity (Wildman–Crippen MR) is 100 cm³/mol. The first kappa shape index (κ1) is 18.1. The zero-order valence-electron chi connectivity index (χ0n) is 15.1. The molecule has 0 spiro atoms. The predicted octanol–water partition coefficient (Wildman–Crippen LogP) is 3.77. The second kappa shape index (κ2) is 8.14. The van der Waals surface area contributed by atoms with Crippen molar-refractivity contribution >= 4 is 17.3 Å². The van der Waals surface area contributed by atoms with Crippen LogP contribution in [0.2, 0.25) is 0 Å². The average Bonchev–Trinajstić information content (AvgIpc) is 3.24. The first-order valence-corrected chi connectivity index (χ1v) is 9.18. The lowest BCUT2D eigenvalue weighted by molar-refractivity contribution is -0.145. The number of carbonyl (C=O) groups is 1. The van der Waals surface area contributed by atoms with Gasteiger partial charge in [-0.3, -0.25) is 9.48 Å². The van der Waals surface area contributed by atoms with E-state index in [9.17, 15) is 4.79 Å². The highest BCUT2D eigenvalue weighted by Crippen LogP contribution is 2.27. The number of esters is 1. The minimum Gasteiger partial charge on any atom is -0.497 e. The molecule has 136 valence electrons. The Hall–Kier alpha value is -2.67. The van der Waals surface area contributed by atoms with E-state index < -0.39 is 0 Å². The van der Waals surface area contributed by atoms with Crippen molar-refractivity contribution in [3.05, 3.63) is 52.8 Å². The molecule has 3 aromatic rings. The number of aryl methyl sites for hydroxylation is 3. The molecule has 0 fully saturated rings. The van der Waals surface area contributed by atoms with Gasteiger partial charge < -0.3 is 9.47 Å². The highest BCUT2D eigenvalue weighted by molar-refractivity contribution is 7.13. The molecule has 7 heteroatoms. The van der Waals surface area contributed by atoms with Crippen molar-refractivity contribution in [3.8, 4) is 16.3 Å². The molecular formula is C19H21N3O3S. The van der Waals surface area contributed by atoms with Gasteiger partial charge in [0, 0.05) is 16.6 Å². The third-order valence-corrected chi connectivity index (χ3v) is 4.82. The van der Waals surface area contributed by atoms with E-state index in [2.05, 4.69) is 10.1 Å². The standard InChI is InChI=1S/C19H21N3O3S/c1-13-9-14(2)22(21-13)8-7-18(23)25-11-16-12-26-19(20-16)15-5-4-6-17(10-15)24-3/h4-6,9-10,12H,7-8,11H2,1-3H3. The van der Waals surface area contributed by atoms with Crippen molar-refractivity contribution < 1.29 is 14.3 Å². The SMILES string of the molecule is COc1cccc(-c2nc(COC(=O)CCn3nc(C)cc3C)cs2)c1. The highest BCUT2D eigenvalue weighted by Gasteiger charge is 2.10. The van der Waals surface area contributed by atoms with E-state index in [0.717, 1.165) is 33.4 Å². The second-order valence-electron chi connectivity index (χ2n) is 5.94. The number of thiazole rings is 1. The van der Waals surface area contributed by atoms with Crippen molar-refractivity contribution in [2.45, 2.75) is 33.4 Å². The van der Waals surface area contributed by atoms with Crippen LogP contribution in [0.4, 0.5) is 0 Å². The van der Waals surface area contributed by atoms with Crippen LogP contribution in [-0.4, -0.2) is 27.8 Å². The van der Waals surface area contributed by atoms with Crippen LogP contribution in [-0.2, 0) is 22.7 Å². The van der Waals surface area contributed by atoms with Crippen molar-refractivity contribution in [1.29, 1.82) is 0 Å². The number of hydrogen-bond acceptors (Lipinski definition) is 6. The fourth-order valence-electron chi connectivity index (χ4n) is 2.59. The Labute approximate surface area is 156 Å². The Kier molecular flexibility index (Phi) is 5.68. The number of ether oxygens (including phenoxy) is 2. The highest BCUT2D eigenvalue weighted by atomic mass is 32.1. The lowest BCUT2D eigenvalue weighted by Gasteiger charge is -2.05. The number of methoxy groups -OCH3 is 1. The van der Waals surface area contributed by atoms with E-state index >= 15 is 0 Å². The molecule has 0 aliphatic heterocycles. The molecule has 0 saturated carbocycles. The van der Waals surface area contributed by atoms with Gasteiger partial charge in [-0.2, -0.15) is 5.10 Å². The summed E-state index contributed by atoms with van der Waals surface area (Å²) in [6.45, 7) is 4.60. The Morgan fingerprint density at radius 1 is 1.27 bits per heavy atom. The van der Waals surface area contributed by atoms with Gasteiger partial charge in [-0.05, 0) is 32.0 Å². The van der Waals surface area contributed by atoms with Gasteiger partial charge >= 0.3 is 5.97 Å². The first-order valence-electron chi connectivity index (χ1n) is 8.30. The smallest absolute Gasteiger partial charge is 0.308 e. The van der Waals surface area contributed by atoms with E-state index in [1.165, 1.54) is 11.3 Å². The molecule has 0 N–H and O–H groups in total. The van der Waals surface area contributed by atoms with Crippen molar-refractivity contribution in [2.75, 3.05) is 7.11 Å². The number of aromatic nitrogens is 3. The third-order valence-electron chi connectivity index (χ3n) is 3.88. The third kappa shape index (κ3) is 4.49. The van der Waals surface area contributed by atoms with Crippen LogP contribution in [0.3, 0.4) is 0 Å². The molecule has 0 aliphatic rings. The Morgan fingerprint density at radius 2 is 2.12 bits per heavy atom. The molecule has 3 rings (SSSR count). The zero-order valence-corrected chi connectivity index (χ0v) is 15.9. The number of hydrogen-bond donors (Lipinski definition) is 0. The number of benzene rings is 1. The fourth-order valence-corrected chi connectivity index (χ4v) is 3.39. The van der Waals surface area contributed by atoms with E-state index in [1.807, 2.05) is 54.2 Å². The first-order chi connectivity index (χ1) is 12.5. The van der Waals surface area contributed by atoms with E-state index in [4.69, 9.17) is 9.47 Å². The van der Waals surface area contributed by atoms with Gasteiger partial charge in [0.15, 0.2) is 0 Å². The molecule has 0 unspecified atom stereocenters. The molecule has 0 aliphatic carbocycles. The maximum atomic E-state index is 12.0. The fraction of sp³-hybridized carbons (Fsp3) is 0.316. The van der Waals surface area contributed by atoms with Crippen molar-refractivity contribution in [2.24, 2.45) is 0 Å². The van der Waals surface area contributed by atoms with Crippen LogP contribution in [0, 0.1) is 13.8 Å². The second-order valence-corrected chi connectivity index (χ2v) is 6.79. The van der Waals surface area contributed by atoms with Crippen molar-refractivity contribution in [3.63, 3.8) is 0 Å². The van der Waals surface area contributed by atoms with E-state index in [0.29, 0.717) is 6.54 Å². The lowest BCUT2D eigenvalue weighted by atomic mass is 10.2. The number of nitrogens with zero attached hydrogens (tertiary/aromatic N) is 3. The molecule has 2 aromatic heterocycles. The van der Waals surface area contributed by atoms with Gasteiger partial charge in [-0.15, -0.1) is 11.3 Å². The lowest BCUT2D eigenvalue weighted by Crippen LogP contribution is -2.11. The molecule has 6 nitrogen and oxygen atoms in total. The van der Waals surface area contributed by atoms with Crippen LogP contribution in [0.5, 0.6) is 5.75 Å². The summed E-state index contributed by atoms with van der Waals surface area (Å²) >= 11 is 1.52. The van der Waals surface area contributed by atoms with Gasteiger partial charge in [0.05, 0.1) is 31.5 Å². The van der Waals surface area contributed by atoms with Gasteiger partial charge in [0.1, 0.15) is 17.4 Å². The maximum absolute atomic E-state index is 12.0. The summed E-state index contributed by atoms with van der Waals surface area (Å²) in [7, 11) is 1.64. The Bertz CT molecular complexity index is 901. The molecule has 0 atom stereocenters. The van der Waals surface area contributed by atoms with Gasteiger partial charge in [0.25, 0.3) is 0 Å². The van der Waals surface area contributed by atoms with Gasteiger partial charge in [0.2, 0.25) is 0 Å². The molecule has 0 bridgehead atoms. The summed E-state index contributed by atoms with van der Waals surface area (Å²) in [5.74, 6) is 0.531. The molecule has 26 heavy (non-hydrogen) atoms. The van der Waals surface area contributed by atoms with Crippen molar-refractivity contribution in [1.82, 2.24) is 14.8 Å². The summed E-state index contributed by atoms with van der Waals surface area (Å²) in [5, 5.41) is 7.12. The Balaban J connectivity index is 1.52. The summed E-state index contributed by atoms with van der Waals surface area (Å²) in [6.07, 6.45) is 0.287. The van der Waals surface area contributed by atoms with E-state index in [-0.39, 0.29) is 19.0 Å². The van der Waals surface area contributed by atoms with Crippen LogP contribution < -0.4 is 4.74 Å². The maximum Gasteiger partial charge on any atom is 0.308 e. The summed E-state index contributed by atoms with van der Waals surface area (Å²) < 4.78 is 12.4. The monoisotopic (exact) mass is 371 g/mol. The quantitative estimate of drug-likeness (QED) is 0.592. The summed E-state index contributed by atoms with van der Waals surface area (Å²) in [4.78, 5) is 16.5. The molecule has 1 aromatic carbocycles.